The summed E-state index contributed by atoms with van der Waals surface area (Å²) in [7, 11) is 0. The van der Waals surface area contributed by atoms with E-state index in [2.05, 4.69) is 30.9 Å². The van der Waals surface area contributed by atoms with Crippen LogP contribution < -0.4 is 25.4 Å². The zero-order valence-electron chi connectivity index (χ0n) is 16.5. The third-order valence-electron chi connectivity index (χ3n) is 4.09. The van der Waals surface area contributed by atoms with E-state index in [0.29, 0.717) is 36.8 Å². The van der Waals surface area contributed by atoms with Crippen molar-refractivity contribution in [2.45, 2.75) is 26.3 Å². The van der Waals surface area contributed by atoms with Gasteiger partial charge in [0, 0.05) is 29.9 Å². The zero-order chi connectivity index (χ0) is 20.1. The molecule has 1 aliphatic heterocycles. The number of aromatic nitrogens is 3. The SMILES string of the molecule is CC(C)Nc1nc(Nc2ccccc2)nc(Nc2ccc3c(c2)OCCCO3)n1. The predicted molar refractivity (Wildman–Crippen MR) is 114 cm³/mol. The molecule has 0 saturated carbocycles. The molecule has 29 heavy (non-hydrogen) atoms. The Balaban J connectivity index is 1.60. The summed E-state index contributed by atoms with van der Waals surface area (Å²) < 4.78 is 11.5. The smallest absolute Gasteiger partial charge is 0.233 e. The molecule has 0 fully saturated rings. The van der Waals surface area contributed by atoms with Gasteiger partial charge in [-0.15, -0.1) is 0 Å². The number of ether oxygens (including phenoxy) is 2. The number of rotatable bonds is 6. The van der Waals surface area contributed by atoms with E-state index in [1.165, 1.54) is 0 Å². The minimum atomic E-state index is 0.188. The van der Waals surface area contributed by atoms with Crippen LogP contribution in [0, 0.1) is 0 Å². The van der Waals surface area contributed by atoms with Crippen molar-refractivity contribution < 1.29 is 9.47 Å². The van der Waals surface area contributed by atoms with Crippen LogP contribution in [-0.2, 0) is 0 Å². The topological polar surface area (TPSA) is 93.2 Å². The first-order chi connectivity index (χ1) is 14.2. The predicted octanol–water partition coefficient (Wildman–Crippen LogP) is 4.34. The summed E-state index contributed by atoms with van der Waals surface area (Å²) in [5.74, 6) is 2.83. The van der Waals surface area contributed by atoms with E-state index >= 15 is 0 Å². The highest BCUT2D eigenvalue weighted by molar-refractivity contribution is 5.62. The summed E-state index contributed by atoms with van der Waals surface area (Å²) in [6.45, 7) is 5.36. The number of hydrogen-bond acceptors (Lipinski definition) is 8. The van der Waals surface area contributed by atoms with Crippen molar-refractivity contribution in [3.05, 3.63) is 48.5 Å². The molecule has 0 spiro atoms. The van der Waals surface area contributed by atoms with Gasteiger partial charge < -0.3 is 25.4 Å². The molecular formula is C21H24N6O2. The number of nitrogens with zero attached hydrogens (tertiary/aromatic N) is 3. The van der Waals surface area contributed by atoms with Gasteiger partial charge in [0.1, 0.15) is 0 Å². The Morgan fingerprint density at radius 2 is 1.41 bits per heavy atom. The Morgan fingerprint density at radius 1 is 0.759 bits per heavy atom. The number of nitrogens with one attached hydrogen (secondary N) is 3. The second-order valence-electron chi connectivity index (χ2n) is 6.93. The molecule has 2 aromatic carbocycles. The molecule has 0 radical (unpaired) electrons. The third kappa shape index (κ3) is 5.04. The van der Waals surface area contributed by atoms with Crippen molar-refractivity contribution in [2.24, 2.45) is 0 Å². The summed E-state index contributed by atoms with van der Waals surface area (Å²) in [6.07, 6.45) is 0.865. The van der Waals surface area contributed by atoms with Crippen LogP contribution >= 0.6 is 0 Å². The molecule has 150 valence electrons. The Hall–Kier alpha value is -3.55. The quantitative estimate of drug-likeness (QED) is 0.570. The van der Waals surface area contributed by atoms with Gasteiger partial charge in [-0.1, -0.05) is 18.2 Å². The average molecular weight is 392 g/mol. The molecule has 1 aromatic heterocycles. The second kappa shape index (κ2) is 8.64. The minimum absolute atomic E-state index is 0.188. The molecule has 3 aromatic rings. The number of benzene rings is 2. The van der Waals surface area contributed by atoms with Crippen LogP contribution in [-0.4, -0.2) is 34.2 Å². The molecule has 8 nitrogen and oxygen atoms in total. The summed E-state index contributed by atoms with van der Waals surface area (Å²) in [4.78, 5) is 13.5. The van der Waals surface area contributed by atoms with Gasteiger partial charge in [0.05, 0.1) is 13.2 Å². The van der Waals surface area contributed by atoms with E-state index in [9.17, 15) is 0 Å². The summed E-state index contributed by atoms with van der Waals surface area (Å²) in [5.41, 5.74) is 1.71. The number of hydrogen-bond donors (Lipinski definition) is 3. The lowest BCUT2D eigenvalue weighted by Crippen LogP contribution is -2.15. The van der Waals surface area contributed by atoms with E-state index in [1.807, 2.05) is 62.4 Å². The van der Waals surface area contributed by atoms with Gasteiger partial charge in [0.15, 0.2) is 11.5 Å². The Morgan fingerprint density at radius 3 is 2.14 bits per heavy atom. The molecule has 2 heterocycles. The first-order valence-corrected chi connectivity index (χ1v) is 9.67. The molecule has 0 amide bonds. The van der Waals surface area contributed by atoms with Crippen molar-refractivity contribution in [3.63, 3.8) is 0 Å². The van der Waals surface area contributed by atoms with Crippen LogP contribution in [0.3, 0.4) is 0 Å². The van der Waals surface area contributed by atoms with Crippen LogP contribution in [0.1, 0.15) is 20.3 Å². The first-order valence-electron chi connectivity index (χ1n) is 9.67. The van der Waals surface area contributed by atoms with Crippen molar-refractivity contribution in [2.75, 3.05) is 29.2 Å². The van der Waals surface area contributed by atoms with Crippen molar-refractivity contribution >= 4 is 29.2 Å². The van der Waals surface area contributed by atoms with E-state index in [0.717, 1.165) is 23.5 Å². The van der Waals surface area contributed by atoms with Gasteiger partial charge in [-0.3, -0.25) is 0 Å². The second-order valence-corrected chi connectivity index (χ2v) is 6.93. The van der Waals surface area contributed by atoms with E-state index in [1.54, 1.807) is 0 Å². The zero-order valence-corrected chi connectivity index (χ0v) is 16.5. The molecule has 1 aliphatic rings. The van der Waals surface area contributed by atoms with Crippen LogP contribution in [0.15, 0.2) is 48.5 Å². The van der Waals surface area contributed by atoms with Crippen LogP contribution in [0.2, 0.25) is 0 Å². The monoisotopic (exact) mass is 392 g/mol. The number of para-hydroxylation sites is 1. The van der Waals surface area contributed by atoms with E-state index in [4.69, 9.17) is 9.47 Å². The first kappa shape index (κ1) is 18.8. The van der Waals surface area contributed by atoms with Gasteiger partial charge in [-0.25, -0.2) is 0 Å². The van der Waals surface area contributed by atoms with Gasteiger partial charge in [0.25, 0.3) is 0 Å². The lowest BCUT2D eigenvalue weighted by atomic mass is 10.3. The van der Waals surface area contributed by atoms with Crippen LogP contribution in [0.5, 0.6) is 11.5 Å². The van der Waals surface area contributed by atoms with E-state index in [-0.39, 0.29) is 6.04 Å². The van der Waals surface area contributed by atoms with Crippen molar-refractivity contribution in [3.8, 4) is 11.5 Å². The maximum Gasteiger partial charge on any atom is 0.233 e. The average Bonchev–Trinajstić information content (AvgIpc) is 2.93. The molecular weight excluding hydrogens is 368 g/mol. The largest absolute Gasteiger partial charge is 0.490 e. The highest BCUT2D eigenvalue weighted by atomic mass is 16.5. The molecule has 8 heteroatoms. The maximum absolute atomic E-state index is 5.76. The Kier molecular flexibility index (Phi) is 5.60. The fraction of sp³-hybridized carbons (Fsp3) is 0.286. The Bertz CT molecular complexity index is 965. The maximum atomic E-state index is 5.76. The van der Waals surface area contributed by atoms with Gasteiger partial charge in [0.2, 0.25) is 17.8 Å². The standard InChI is InChI=1S/C21H24N6O2/c1-14(2)22-19-25-20(23-15-7-4-3-5-8-15)27-21(26-19)24-16-9-10-17-18(13-16)29-12-6-11-28-17/h3-5,7-10,13-14H,6,11-12H2,1-2H3,(H3,22,23,24,25,26,27). The third-order valence-corrected chi connectivity index (χ3v) is 4.09. The normalized spacial score (nSPS) is 12.9. The van der Waals surface area contributed by atoms with Crippen molar-refractivity contribution in [1.29, 1.82) is 0 Å². The summed E-state index contributed by atoms with van der Waals surface area (Å²) >= 11 is 0. The molecule has 0 unspecified atom stereocenters. The molecule has 0 aliphatic carbocycles. The molecule has 0 saturated heterocycles. The number of anilines is 5. The van der Waals surface area contributed by atoms with Gasteiger partial charge >= 0.3 is 0 Å². The molecule has 0 atom stereocenters. The fourth-order valence-electron chi connectivity index (χ4n) is 2.83. The van der Waals surface area contributed by atoms with E-state index < -0.39 is 0 Å². The fourth-order valence-corrected chi connectivity index (χ4v) is 2.83. The highest BCUT2D eigenvalue weighted by Gasteiger charge is 2.13. The Labute approximate surface area is 169 Å². The lowest BCUT2D eigenvalue weighted by molar-refractivity contribution is 0.297. The summed E-state index contributed by atoms with van der Waals surface area (Å²) in [5, 5.41) is 9.68. The molecule has 0 bridgehead atoms. The lowest BCUT2D eigenvalue weighted by Gasteiger charge is -2.14. The van der Waals surface area contributed by atoms with Crippen LogP contribution in [0.25, 0.3) is 0 Å². The number of fused-ring (bicyclic) bond motifs is 1. The highest BCUT2D eigenvalue weighted by Crippen LogP contribution is 2.33. The molecule has 4 rings (SSSR count). The van der Waals surface area contributed by atoms with Gasteiger partial charge in [-0.05, 0) is 38.1 Å². The minimum Gasteiger partial charge on any atom is -0.490 e. The van der Waals surface area contributed by atoms with Gasteiger partial charge in [-0.2, -0.15) is 15.0 Å². The van der Waals surface area contributed by atoms with Crippen molar-refractivity contribution in [1.82, 2.24) is 15.0 Å². The molecule has 3 N–H and O–H groups in total. The van der Waals surface area contributed by atoms with Crippen LogP contribution in [0.4, 0.5) is 29.2 Å². The summed E-state index contributed by atoms with van der Waals surface area (Å²) in [6, 6.07) is 15.7.